The van der Waals surface area contributed by atoms with Gasteiger partial charge in [-0.05, 0) is 30.7 Å². The van der Waals surface area contributed by atoms with Gasteiger partial charge < -0.3 is 10.3 Å². The Hall–Kier alpha value is -2.76. The van der Waals surface area contributed by atoms with E-state index >= 15 is 0 Å². The molecule has 0 spiro atoms. The second kappa shape index (κ2) is 4.49. The van der Waals surface area contributed by atoms with E-state index in [1.807, 2.05) is 19.1 Å². The van der Waals surface area contributed by atoms with Crippen LogP contribution in [-0.4, -0.2) is 20.1 Å². The van der Waals surface area contributed by atoms with E-state index in [4.69, 9.17) is 10.3 Å². The molecular formula is C13H11N5O. The quantitative estimate of drug-likeness (QED) is 0.703. The van der Waals surface area contributed by atoms with Crippen LogP contribution in [0.15, 0.2) is 41.3 Å². The van der Waals surface area contributed by atoms with E-state index in [1.54, 1.807) is 24.7 Å². The second-order valence-electron chi connectivity index (χ2n) is 4.09. The van der Waals surface area contributed by atoms with Crippen molar-refractivity contribution in [2.75, 3.05) is 5.73 Å². The minimum absolute atomic E-state index is 0.416. The molecule has 1 aromatic carbocycles. The average molecular weight is 253 g/mol. The van der Waals surface area contributed by atoms with Gasteiger partial charge in [-0.1, -0.05) is 5.16 Å². The predicted octanol–water partition coefficient (Wildman–Crippen LogP) is 2.08. The van der Waals surface area contributed by atoms with Crippen LogP contribution in [0.5, 0.6) is 0 Å². The molecule has 0 bridgehead atoms. The van der Waals surface area contributed by atoms with Crippen LogP contribution in [0.25, 0.3) is 23.0 Å². The maximum absolute atomic E-state index is 5.72. The number of anilines is 1. The third kappa shape index (κ3) is 2.15. The Morgan fingerprint density at radius 2 is 2.11 bits per heavy atom. The smallest absolute Gasteiger partial charge is 0.258 e. The summed E-state index contributed by atoms with van der Waals surface area (Å²) in [6.07, 6.45) is 4.76. The van der Waals surface area contributed by atoms with Gasteiger partial charge in [-0.3, -0.25) is 4.98 Å². The van der Waals surface area contributed by atoms with E-state index in [-0.39, 0.29) is 0 Å². The van der Waals surface area contributed by atoms with Crippen LogP contribution in [0.4, 0.5) is 5.69 Å². The minimum Gasteiger partial charge on any atom is -0.399 e. The molecule has 0 fully saturated rings. The van der Waals surface area contributed by atoms with Crippen LogP contribution >= 0.6 is 0 Å². The van der Waals surface area contributed by atoms with Crippen molar-refractivity contribution in [3.63, 3.8) is 0 Å². The third-order valence-corrected chi connectivity index (χ3v) is 2.70. The molecule has 19 heavy (non-hydrogen) atoms. The van der Waals surface area contributed by atoms with Crippen LogP contribution in [0.3, 0.4) is 0 Å². The van der Waals surface area contributed by atoms with Crippen molar-refractivity contribution in [3.8, 4) is 23.0 Å². The molecule has 0 saturated carbocycles. The van der Waals surface area contributed by atoms with Gasteiger partial charge in [0, 0.05) is 23.6 Å². The number of aromatic nitrogens is 4. The maximum Gasteiger partial charge on any atom is 0.258 e. The van der Waals surface area contributed by atoms with Crippen molar-refractivity contribution < 1.29 is 4.52 Å². The van der Waals surface area contributed by atoms with Crippen molar-refractivity contribution >= 4 is 5.69 Å². The fourth-order valence-electron chi connectivity index (χ4n) is 1.78. The Bertz CT molecular complexity index is 708. The SMILES string of the molecule is Cc1cc(N)ccc1-c1nc(-c2cnccn2)no1. The highest BCUT2D eigenvalue weighted by atomic mass is 16.5. The molecule has 0 aliphatic carbocycles. The maximum atomic E-state index is 5.72. The first-order valence-corrected chi connectivity index (χ1v) is 5.70. The zero-order valence-electron chi connectivity index (χ0n) is 10.2. The van der Waals surface area contributed by atoms with E-state index in [9.17, 15) is 0 Å². The minimum atomic E-state index is 0.416. The van der Waals surface area contributed by atoms with E-state index in [2.05, 4.69) is 20.1 Å². The first-order chi connectivity index (χ1) is 9.24. The monoisotopic (exact) mass is 253 g/mol. The van der Waals surface area contributed by atoms with Gasteiger partial charge in [0.1, 0.15) is 5.69 Å². The second-order valence-corrected chi connectivity index (χ2v) is 4.09. The van der Waals surface area contributed by atoms with E-state index in [0.29, 0.717) is 23.1 Å². The van der Waals surface area contributed by atoms with Crippen molar-refractivity contribution in [1.29, 1.82) is 0 Å². The summed E-state index contributed by atoms with van der Waals surface area (Å²) in [6, 6.07) is 5.52. The summed E-state index contributed by atoms with van der Waals surface area (Å²) in [5, 5.41) is 3.91. The highest BCUT2D eigenvalue weighted by Gasteiger charge is 2.13. The topological polar surface area (TPSA) is 90.7 Å². The van der Waals surface area contributed by atoms with E-state index in [1.165, 1.54) is 0 Å². The first-order valence-electron chi connectivity index (χ1n) is 5.70. The fourth-order valence-corrected chi connectivity index (χ4v) is 1.78. The molecule has 0 radical (unpaired) electrons. The molecular weight excluding hydrogens is 242 g/mol. The molecule has 94 valence electrons. The standard InChI is InChI=1S/C13H11N5O/c1-8-6-9(14)2-3-10(8)13-17-12(18-19-13)11-7-15-4-5-16-11/h2-7H,14H2,1H3. The number of hydrogen-bond acceptors (Lipinski definition) is 6. The number of nitrogens with two attached hydrogens (primary N) is 1. The summed E-state index contributed by atoms with van der Waals surface area (Å²) >= 11 is 0. The van der Waals surface area contributed by atoms with Crippen LogP contribution < -0.4 is 5.73 Å². The summed E-state index contributed by atoms with van der Waals surface area (Å²) in [6.45, 7) is 1.94. The number of aryl methyl sites for hydroxylation is 1. The number of nitrogen functional groups attached to an aromatic ring is 1. The van der Waals surface area contributed by atoms with Crippen molar-refractivity contribution in [2.24, 2.45) is 0 Å². The number of benzene rings is 1. The van der Waals surface area contributed by atoms with Gasteiger partial charge in [-0.15, -0.1) is 0 Å². The molecule has 6 heteroatoms. The number of nitrogens with zero attached hydrogens (tertiary/aromatic N) is 4. The van der Waals surface area contributed by atoms with Gasteiger partial charge in [-0.25, -0.2) is 4.98 Å². The summed E-state index contributed by atoms with van der Waals surface area (Å²) in [4.78, 5) is 12.4. The molecule has 0 saturated heterocycles. The van der Waals surface area contributed by atoms with Gasteiger partial charge in [0.05, 0.1) is 6.20 Å². The lowest BCUT2D eigenvalue weighted by atomic mass is 10.1. The van der Waals surface area contributed by atoms with Crippen molar-refractivity contribution in [3.05, 3.63) is 42.4 Å². The van der Waals surface area contributed by atoms with Gasteiger partial charge in [0.2, 0.25) is 5.82 Å². The van der Waals surface area contributed by atoms with E-state index < -0.39 is 0 Å². The lowest BCUT2D eigenvalue weighted by molar-refractivity contribution is 0.432. The Labute approximate surface area is 109 Å². The molecule has 2 heterocycles. The van der Waals surface area contributed by atoms with Gasteiger partial charge in [0.15, 0.2) is 0 Å². The molecule has 0 aliphatic heterocycles. The number of rotatable bonds is 2. The Morgan fingerprint density at radius 1 is 1.21 bits per heavy atom. The Kier molecular flexibility index (Phi) is 2.68. The summed E-state index contributed by atoms with van der Waals surface area (Å²) in [5.74, 6) is 0.859. The van der Waals surface area contributed by atoms with Crippen LogP contribution in [0.1, 0.15) is 5.56 Å². The fraction of sp³-hybridized carbons (Fsp3) is 0.0769. The molecule has 0 unspecified atom stereocenters. The predicted molar refractivity (Wildman–Crippen MR) is 69.9 cm³/mol. The lowest BCUT2D eigenvalue weighted by Crippen LogP contribution is -1.89. The molecule has 2 N–H and O–H groups in total. The third-order valence-electron chi connectivity index (χ3n) is 2.70. The van der Waals surface area contributed by atoms with Crippen molar-refractivity contribution in [1.82, 2.24) is 20.1 Å². The van der Waals surface area contributed by atoms with Crippen LogP contribution in [-0.2, 0) is 0 Å². The largest absolute Gasteiger partial charge is 0.399 e. The van der Waals surface area contributed by atoms with Crippen molar-refractivity contribution in [2.45, 2.75) is 6.92 Å². The normalized spacial score (nSPS) is 10.6. The molecule has 0 amide bonds. The molecule has 3 aromatic rings. The highest BCUT2D eigenvalue weighted by Crippen LogP contribution is 2.25. The molecule has 6 nitrogen and oxygen atoms in total. The molecule has 0 atom stereocenters. The summed E-state index contributed by atoms with van der Waals surface area (Å²) in [5.41, 5.74) is 8.83. The average Bonchev–Trinajstić information content (AvgIpc) is 2.89. The van der Waals surface area contributed by atoms with Gasteiger partial charge in [-0.2, -0.15) is 4.98 Å². The summed E-state index contributed by atoms with van der Waals surface area (Å²) in [7, 11) is 0. The summed E-state index contributed by atoms with van der Waals surface area (Å²) < 4.78 is 5.26. The van der Waals surface area contributed by atoms with Crippen LogP contribution in [0, 0.1) is 6.92 Å². The number of hydrogen-bond donors (Lipinski definition) is 1. The zero-order valence-corrected chi connectivity index (χ0v) is 10.2. The Balaban J connectivity index is 2.02. The lowest BCUT2D eigenvalue weighted by Gasteiger charge is -2.00. The first kappa shape index (κ1) is 11.3. The van der Waals surface area contributed by atoms with Gasteiger partial charge in [0.25, 0.3) is 5.89 Å². The van der Waals surface area contributed by atoms with E-state index in [0.717, 1.165) is 11.1 Å². The van der Waals surface area contributed by atoms with Gasteiger partial charge >= 0.3 is 0 Å². The van der Waals surface area contributed by atoms with Crippen LogP contribution in [0.2, 0.25) is 0 Å². The Morgan fingerprint density at radius 3 is 2.84 bits per heavy atom. The zero-order chi connectivity index (χ0) is 13.2. The molecule has 3 rings (SSSR count). The molecule has 2 aromatic heterocycles. The highest BCUT2D eigenvalue weighted by molar-refractivity contribution is 5.63. The molecule has 0 aliphatic rings.